The number of aromatic nitrogens is 1. The van der Waals surface area contributed by atoms with E-state index in [0.29, 0.717) is 5.76 Å². The van der Waals surface area contributed by atoms with E-state index >= 15 is 0 Å². The summed E-state index contributed by atoms with van der Waals surface area (Å²) in [6, 6.07) is 1.43. The van der Waals surface area contributed by atoms with Gasteiger partial charge in [-0.05, 0) is 37.0 Å². The minimum Gasteiger partial charge on any atom is -0.380 e. The largest absolute Gasteiger partial charge is 0.380 e. The molecule has 0 aliphatic heterocycles. The van der Waals surface area contributed by atoms with Gasteiger partial charge in [0.15, 0.2) is 0 Å². The van der Waals surface area contributed by atoms with Crippen molar-refractivity contribution in [2.45, 2.75) is 19.2 Å². The predicted octanol–water partition coefficient (Wildman–Crippen LogP) is 2.52. The molecule has 1 atom stereocenters. The van der Waals surface area contributed by atoms with Gasteiger partial charge in [-0.1, -0.05) is 0 Å². The van der Waals surface area contributed by atoms with Crippen LogP contribution in [0.2, 0.25) is 0 Å². The molecule has 0 aromatic carbocycles. The van der Waals surface area contributed by atoms with Crippen molar-refractivity contribution in [3.63, 3.8) is 0 Å². The zero-order valence-corrected chi connectivity index (χ0v) is 12.0. The highest BCUT2D eigenvalue weighted by atomic mass is 32.9. The minimum absolute atomic E-state index is 0.189. The Morgan fingerprint density at radius 2 is 2.12 bits per heavy atom. The van der Waals surface area contributed by atoms with Crippen LogP contribution in [0.4, 0.5) is 0 Å². The Morgan fingerprint density at radius 1 is 1.56 bits per heavy atom. The van der Waals surface area contributed by atoms with Crippen LogP contribution in [0, 0.1) is 6.92 Å². The number of hydrogen-bond donors (Lipinski definition) is 0. The molecule has 1 heterocycles. The lowest BCUT2D eigenvalue weighted by molar-refractivity contribution is 0.252. The third kappa shape index (κ3) is 3.21. The highest BCUT2D eigenvalue weighted by Crippen LogP contribution is 2.63. The van der Waals surface area contributed by atoms with Crippen LogP contribution in [-0.2, 0) is 20.9 Å². The molecule has 16 heavy (non-hydrogen) atoms. The fraction of sp³-hybridized carbons (Fsp3) is 0.625. The zero-order chi connectivity index (χ0) is 12.3. The normalized spacial score (nSPS) is 14.0. The van der Waals surface area contributed by atoms with Gasteiger partial charge < -0.3 is 13.6 Å². The van der Waals surface area contributed by atoms with Gasteiger partial charge in [-0.25, -0.2) is 0 Å². The molecule has 0 fully saturated rings. The van der Waals surface area contributed by atoms with Crippen LogP contribution in [0.3, 0.4) is 0 Å². The number of rotatable bonds is 5. The molecule has 0 spiro atoms. The topological polar surface area (TPSA) is 53.6 Å². The standard InChI is InChI=1S/C8H14NO4PS2/c1-6-5-8(10)9(13-6)7(2)16-14(15,11-3)12-4/h5,7H,1-4H3. The van der Waals surface area contributed by atoms with Crippen LogP contribution in [0.5, 0.6) is 0 Å². The summed E-state index contributed by atoms with van der Waals surface area (Å²) >= 11 is 6.48. The molecule has 5 nitrogen and oxygen atoms in total. The molecule has 0 N–H and O–H groups in total. The lowest BCUT2D eigenvalue weighted by Gasteiger charge is -2.20. The average Bonchev–Trinajstić information content (AvgIpc) is 2.57. The fourth-order valence-corrected chi connectivity index (χ4v) is 5.05. The van der Waals surface area contributed by atoms with Crippen molar-refractivity contribution in [1.29, 1.82) is 0 Å². The molecule has 0 aliphatic rings. The third-order valence-corrected chi connectivity index (χ3v) is 7.75. The van der Waals surface area contributed by atoms with E-state index in [-0.39, 0.29) is 10.9 Å². The summed E-state index contributed by atoms with van der Waals surface area (Å²) in [7, 11) is 3.00. The second-order valence-corrected chi connectivity index (χ2v) is 9.76. The van der Waals surface area contributed by atoms with Crippen molar-refractivity contribution in [3.8, 4) is 0 Å². The first kappa shape index (κ1) is 14.0. The monoisotopic (exact) mass is 283 g/mol. The Balaban J connectivity index is 2.88. The summed E-state index contributed by atoms with van der Waals surface area (Å²) in [5.74, 6) is 0.570. The molecule has 0 bridgehead atoms. The second kappa shape index (κ2) is 5.51. The Labute approximate surface area is 103 Å². The first-order valence-corrected chi connectivity index (χ1v) is 8.63. The molecular formula is C8H14NO4PS2. The van der Waals surface area contributed by atoms with Crippen molar-refractivity contribution < 1.29 is 13.6 Å². The van der Waals surface area contributed by atoms with Gasteiger partial charge in [0, 0.05) is 20.3 Å². The second-order valence-electron chi connectivity index (χ2n) is 3.03. The van der Waals surface area contributed by atoms with Crippen molar-refractivity contribution in [2.75, 3.05) is 14.2 Å². The van der Waals surface area contributed by atoms with Crippen molar-refractivity contribution in [2.24, 2.45) is 0 Å². The molecule has 1 rings (SSSR count). The van der Waals surface area contributed by atoms with E-state index in [4.69, 9.17) is 25.4 Å². The van der Waals surface area contributed by atoms with Gasteiger partial charge >= 0.3 is 0 Å². The molecule has 0 aliphatic carbocycles. The highest BCUT2D eigenvalue weighted by Gasteiger charge is 2.23. The molecule has 0 amide bonds. The molecule has 1 unspecified atom stereocenters. The number of nitrogens with zero attached hydrogens (tertiary/aromatic N) is 1. The van der Waals surface area contributed by atoms with Crippen LogP contribution in [-0.4, -0.2) is 19.0 Å². The zero-order valence-electron chi connectivity index (χ0n) is 9.50. The lowest BCUT2D eigenvalue weighted by Crippen LogP contribution is -2.15. The fourth-order valence-electron chi connectivity index (χ4n) is 1.11. The van der Waals surface area contributed by atoms with Gasteiger partial charge in [0.25, 0.3) is 5.56 Å². The molecule has 8 heteroatoms. The van der Waals surface area contributed by atoms with E-state index in [2.05, 4.69) is 0 Å². The quantitative estimate of drug-likeness (QED) is 0.774. The van der Waals surface area contributed by atoms with Crippen molar-refractivity contribution in [1.82, 2.24) is 4.74 Å². The van der Waals surface area contributed by atoms with Gasteiger partial charge in [0.05, 0.1) is 0 Å². The Kier molecular flexibility index (Phi) is 4.82. The van der Waals surface area contributed by atoms with E-state index < -0.39 is 5.69 Å². The molecular weight excluding hydrogens is 269 g/mol. The first-order chi connectivity index (χ1) is 7.41. The third-order valence-electron chi connectivity index (χ3n) is 1.85. The summed E-state index contributed by atoms with van der Waals surface area (Å²) in [6.45, 7) is 3.53. The maximum absolute atomic E-state index is 11.5. The van der Waals surface area contributed by atoms with E-state index in [9.17, 15) is 4.79 Å². The van der Waals surface area contributed by atoms with Crippen LogP contribution in [0.25, 0.3) is 0 Å². The van der Waals surface area contributed by atoms with Crippen molar-refractivity contribution >= 4 is 28.9 Å². The Hall–Kier alpha value is -0.0700. The summed E-state index contributed by atoms with van der Waals surface area (Å²) < 4.78 is 16.8. The van der Waals surface area contributed by atoms with Crippen LogP contribution in [0.15, 0.2) is 15.4 Å². The van der Waals surface area contributed by atoms with Crippen LogP contribution >= 0.6 is 17.1 Å². The molecule has 1 aromatic heterocycles. The summed E-state index contributed by atoms with van der Waals surface area (Å²) in [4.78, 5) is 11.5. The molecule has 1 aromatic rings. The smallest absolute Gasteiger partial charge is 0.283 e. The van der Waals surface area contributed by atoms with E-state index in [1.54, 1.807) is 6.92 Å². The molecule has 0 radical (unpaired) electrons. The summed E-state index contributed by atoms with van der Waals surface area (Å²) in [5.41, 5.74) is -2.57. The average molecular weight is 283 g/mol. The Morgan fingerprint density at radius 3 is 2.50 bits per heavy atom. The molecule has 92 valence electrons. The van der Waals surface area contributed by atoms with Crippen molar-refractivity contribution in [3.05, 3.63) is 22.2 Å². The van der Waals surface area contributed by atoms with Gasteiger partial charge in [-0.15, -0.1) is 0 Å². The minimum atomic E-state index is -2.38. The number of hydrogen-bond acceptors (Lipinski definition) is 6. The van der Waals surface area contributed by atoms with E-state index in [1.165, 1.54) is 36.4 Å². The maximum Gasteiger partial charge on any atom is 0.283 e. The lowest BCUT2D eigenvalue weighted by atomic mass is 10.5. The summed E-state index contributed by atoms with van der Waals surface area (Å²) in [6.07, 6.45) is 0. The number of aryl methyl sites for hydroxylation is 1. The molecule has 0 saturated carbocycles. The van der Waals surface area contributed by atoms with Gasteiger partial charge in [-0.3, -0.25) is 4.79 Å². The van der Waals surface area contributed by atoms with E-state index in [1.807, 2.05) is 6.92 Å². The van der Waals surface area contributed by atoms with Gasteiger partial charge in [-0.2, -0.15) is 4.74 Å². The SMILES string of the molecule is COP(=S)(OC)SC(C)n1oc(C)cc1=O. The maximum atomic E-state index is 11.5. The molecule has 0 saturated heterocycles. The van der Waals surface area contributed by atoms with Gasteiger partial charge in [0.2, 0.25) is 5.69 Å². The van der Waals surface area contributed by atoms with Gasteiger partial charge in [0.1, 0.15) is 11.1 Å². The predicted molar refractivity (Wildman–Crippen MR) is 68.3 cm³/mol. The Bertz CT molecular complexity index is 447. The first-order valence-electron chi connectivity index (χ1n) is 4.51. The highest BCUT2D eigenvalue weighted by molar-refractivity contribution is 8.67. The van der Waals surface area contributed by atoms with Crippen LogP contribution < -0.4 is 5.56 Å². The van der Waals surface area contributed by atoms with Crippen LogP contribution in [0.1, 0.15) is 18.1 Å². The summed E-state index contributed by atoms with van der Waals surface area (Å²) in [5, 5.41) is -0.257. The van der Waals surface area contributed by atoms with E-state index in [0.717, 1.165) is 0 Å².